The summed E-state index contributed by atoms with van der Waals surface area (Å²) in [6.45, 7) is 0. The van der Waals surface area contributed by atoms with E-state index in [9.17, 15) is 40.8 Å². The third kappa shape index (κ3) is 4.25. The van der Waals surface area contributed by atoms with Crippen molar-refractivity contribution in [1.82, 2.24) is 0 Å². The Balaban J connectivity index is 1.80. The van der Waals surface area contributed by atoms with Crippen molar-refractivity contribution in [3.05, 3.63) is 0 Å². The summed E-state index contributed by atoms with van der Waals surface area (Å²) in [4.78, 5) is 23.7. The van der Waals surface area contributed by atoms with E-state index in [0.717, 1.165) is 0 Å². The molecule has 2 atom stereocenters. The summed E-state index contributed by atoms with van der Waals surface area (Å²) in [5, 5.41) is 2.93. The largest absolute Gasteiger partial charge is 0.691 e. The number of halogens is 4. The minimum atomic E-state index is -6.09. The van der Waals surface area contributed by atoms with Gasteiger partial charge >= 0.3 is 32.6 Å². The number of carbonyl (C=O) groups is 2. The highest BCUT2D eigenvalue weighted by Crippen LogP contribution is 2.61. The fourth-order valence-corrected chi connectivity index (χ4v) is 5.52. The van der Waals surface area contributed by atoms with Crippen LogP contribution < -0.4 is 5.26 Å². The number of hydrogen-bond donors (Lipinski definition) is 1. The molecular formula is C14H15F4O10S2-. The van der Waals surface area contributed by atoms with Gasteiger partial charge in [0.1, 0.15) is 23.2 Å². The lowest BCUT2D eigenvalue weighted by atomic mass is 9.52. The molecule has 4 aliphatic rings. The zero-order valence-corrected chi connectivity index (χ0v) is 16.5. The van der Waals surface area contributed by atoms with Crippen LogP contribution in [0.25, 0.3) is 0 Å². The Labute approximate surface area is 171 Å². The molecule has 4 fully saturated rings. The minimum Gasteiger partial charge on any atom is -0.691 e. The molecule has 0 heterocycles. The van der Waals surface area contributed by atoms with E-state index in [-0.39, 0.29) is 37.5 Å². The molecule has 0 spiro atoms. The van der Waals surface area contributed by atoms with Gasteiger partial charge in [-0.3, -0.25) is 9.59 Å². The van der Waals surface area contributed by atoms with Gasteiger partial charge in [0.15, 0.2) is 0 Å². The smallest absolute Gasteiger partial charge is 0.465 e. The Morgan fingerprint density at radius 1 is 1.00 bits per heavy atom. The van der Waals surface area contributed by atoms with Crippen LogP contribution in [-0.2, 0) is 38.6 Å². The van der Waals surface area contributed by atoms with Crippen molar-refractivity contribution >= 4 is 34.1 Å². The molecule has 0 saturated heterocycles. The van der Waals surface area contributed by atoms with Crippen LogP contribution in [0.15, 0.2) is 0 Å². The molecule has 2 unspecified atom stereocenters. The zero-order valence-electron chi connectivity index (χ0n) is 14.8. The summed E-state index contributed by atoms with van der Waals surface area (Å²) in [7, 11) is -6.09. The maximum Gasteiger partial charge on any atom is 0.465 e. The van der Waals surface area contributed by atoms with Crippen molar-refractivity contribution in [2.75, 3.05) is 0 Å². The highest BCUT2D eigenvalue weighted by molar-refractivity contribution is 7.96. The van der Waals surface area contributed by atoms with E-state index in [2.05, 4.69) is 9.37 Å². The van der Waals surface area contributed by atoms with Crippen LogP contribution in [0, 0.1) is 11.8 Å². The van der Waals surface area contributed by atoms with Gasteiger partial charge in [0.05, 0.1) is 0 Å². The maximum atomic E-state index is 13.7. The lowest BCUT2D eigenvalue weighted by Gasteiger charge is -2.60. The van der Waals surface area contributed by atoms with E-state index >= 15 is 0 Å². The third-order valence-electron chi connectivity index (χ3n) is 5.54. The van der Waals surface area contributed by atoms with Crippen molar-refractivity contribution in [1.29, 1.82) is 0 Å². The molecule has 30 heavy (non-hydrogen) atoms. The fraction of sp³-hybridized carbons (Fsp3) is 0.857. The molecule has 0 aromatic rings. The maximum absolute atomic E-state index is 13.7. The minimum absolute atomic E-state index is 0.0361. The molecule has 4 rings (SSSR count). The standard InChI is InChI=1S/C14H16F4O10S2/c15-13(16,29-28-27-21)9(19)25-11-2-7-1-8(3-11)5-12(4-7,6-11)26-10(20)14(17,18)30(22,23)24/h7-8,21H,1-6H2,(H,22,23,24)/p-1. The number of carbonyl (C=O) groups excluding carboxylic acids is 2. The Morgan fingerprint density at radius 2 is 1.47 bits per heavy atom. The van der Waals surface area contributed by atoms with Gasteiger partial charge in [-0.2, -0.15) is 30.3 Å². The SMILES string of the molecule is O=C(OC12CC3CC(C1)CC(OC(=O)C(F)(F)S(=O)(=O)O)(C3)C2)C(F)(F)SOO[O-]. The van der Waals surface area contributed by atoms with E-state index in [1.54, 1.807) is 0 Å². The first-order valence-electron chi connectivity index (χ1n) is 8.48. The van der Waals surface area contributed by atoms with Crippen molar-refractivity contribution < 1.29 is 64.2 Å². The van der Waals surface area contributed by atoms with E-state index in [1.165, 1.54) is 0 Å². The highest BCUT2D eigenvalue weighted by atomic mass is 32.2. The first-order chi connectivity index (χ1) is 13.6. The molecule has 0 aromatic carbocycles. The van der Waals surface area contributed by atoms with Crippen LogP contribution in [0.5, 0.6) is 0 Å². The van der Waals surface area contributed by atoms with Gasteiger partial charge < -0.3 is 14.7 Å². The summed E-state index contributed by atoms with van der Waals surface area (Å²) in [6, 6.07) is 0. The molecule has 16 heteroatoms. The Bertz CT molecular complexity index is 819. The number of alkyl halides is 4. The van der Waals surface area contributed by atoms with Crippen LogP contribution in [0.4, 0.5) is 17.6 Å². The summed E-state index contributed by atoms with van der Waals surface area (Å²) in [5.41, 5.74) is -3.25. The highest BCUT2D eigenvalue weighted by Gasteiger charge is 2.65. The van der Waals surface area contributed by atoms with E-state index in [4.69, 9.17) is 14.0 Å². The van der Waals surface area contributed by atoms with Crippen LogP contribution in [-0.4, -0.2) is 46.6 Å². The predicted octanol–water partition coefficient (Wildman–Crippen LogP) is 1.11. The number of esters is 2. The number of rotatable bonds is 8. The molecular weight excluding hydrogens is 468 g/mol. The lowest BCUT2D eigenvalue weighted by molar-refractivity contribution is -0.777. The summed E-state index contributed by atoms with van der Waals surface area (Å²) >= 11 is -0.890. The van der Waals surface area contributed by atoms with Crippen molar-refractivity contribution in [2.45, 2.75) is 60.2 Å². The van der Waals surface area contributed by atoms with Crippen molar-refractivity contribution in [3.63, 3.8) is 0 Å². The van der Waals surface area contributed by atoms with Crippen molar-refractivity contribution in [2.24, 2.45) is 11.8 Å². The van der Waals surface area contributed by atoms with Crippen LogP contribution >= 0.6 is 12.0 Å². The van der Waals surface area contributed by atoms with Gasteiger partial charge in [-0.25, -0.2) is 9.59 Å². The average Bonchev–Trinajstić information content (AvgIpc) is 2.56. The second-order valence-electron chi connectivity index (χ2n) is 7.83. The molecule has 4 aliphatic carbocycles. The summed E-state index contributed by atoms with van der Waals surface area (Å²) in [5.74, 6) is -5.23. The van der Waals surface area contributed by atoms with E-state index < -0.39 is 62.2 Å². The van der Waals surface area contributed by atoms with Gasteiger partial charge in [0.25, 0.3) is 0 Å². The first kappa shape index (κ1) is 23.5. The monoisotopic (exact) mass is 483 g/mol. The second kappa shape index (κ2) is 7.44. The van der Waals surface area contributed by atoms with Crippen molar-refractivity contribution in [3.8, 4) is 0 Å². The second-order valence-corrected chi connectivity index (χ2v) is 10.1. The van der Waals surface area contributed by atoms with Gasteiger partial charge in [-0.15, -0.1) is 0 Å². The third-order valence-corrected chi connectivity index (χ3v) is 6.85. The Morgan fingerprint density at radius 3 is 1.90 bits per heavy atom. The zero-order chi connectivity index (χ0) is 22.6. The summed E-state index contributed by atoms with van der Waals surface area (Å²) < 4.78 is 98.2. The molecule has 0 aromatic heterocycles. The molecule has 4 bridgehead atoms. The van der Waals surface area contributed by atoms with Gasteiger partial charge in [-0.1, -0.05) is 0 Å². The van der Waals surface area contributed by atoms with Crippen LogP contribution in [0.3, 0.4) is 0 Å². The molecule has 0 amide bonds. The molecule has 1 N–H and O–H groups in total. The molecule has 0 radical (unpaired) electrons. The lowest BCUT2D eigenvalue weighted by Crippen LogP contribution is -2.63. The Hall–Kier alpha value is -1.20. The topological polar surface area (TPSA) is 148 Å². The number of ether oxygens (including phenoxy) is 2. The predicted molar refractivity (Wildman–Crippen MR) is 83.5 cm³/mol. The van der Waals surface area contributed by atoms with Gasteiger partial charge in [-0.05, 0) is 43.9 Å². The van der Waals surface area contributed by atoms with Crippen LogP contribution in [0.2, 0.25) is 0 Å². The fourth-order valence-electron chi connectivity index (χ4n) is 5.04. The van der Waals surface area contributed by atoms with Crippen LogP contribution in [0.1, 0.15) is 38.5 Å². The molecule has 172 valence electrons. The average molecular weight is 483 g/mol. The van der Waals surface area contributed by atoms with E-state index in [0.29, 0.717) is 6.42 Å². The number of hydrogen-bond acceptors (Lipinski definition) is 10. The normalized spacial score (nSPS) is 33.4. The summed E-state index contributed by atoms with van der Waals surface area (Å²) in [6.07, 6.45) is 0.409. The molecule has 10 nitrogen and oxygen atoms in total. The van der Waals surface area contributed by atoms with Gasteiger partial charge in [0, 0.05) is 6.42 Å². The van der Waals surface area contributed by atoms with E-state index in [1.807, 2.05) is 0 Å². The molecule has 4 saturated carbocycles. The van der Waals surface area contributed by atoms with Gasteiger partial charge in [0.2, 0.25) is 0 Å². The quantitative estimate of drug-likeness (QED) is 0.132. The first-order valence-corrected chi connectivity index (χ1v) is 10.7. The molecule has 0 aliphatic heterocycles. The Kier molecular flexibility index (Phi) is 5.82.